The van der Waals surface area contributed by atoms with Crippen molar-refractivity contribution in [2.24, 2.45) is 0 Å². The van der Waals surface area contributed by atoms with Crippen molar-refractivity contribution in [1.82, 2.24) is 10.4 Å². The number of hydrogen-bond donors (Lipinski definition) is 1. The summed E-state index contributed by atoms with van der Waals surface area (Å²) in [4.78, 5) is 15.5. The van der Waals surface area contributed by atoms with Gasteiger partial charge in [-0.15, -0.1) is 5.06 Å². The van der Waals surface area contributed by atoms with Gasteiger partial charge in [-0.05, 0) is 5.56 Å². The van der Waals surface area contributed by atoms with Crippen molar-refractivity contribution in [1.29, 1.82) is 0 Å². The van der Waals surface area contributed by atoms with Crippen molar-refractivity contribution in [3.63, 3.8) is 0 Å². The Morgan fingerprint density at radius 1 is 1.42 bits per heavy atom. The Morgan fingerprint density at radius 3 is 2.63 bits per heavy atom. The topological polar surface area (TPSA) is 76.9 Å². The van der Waals surface area contributed by atoms with E-state index in [9.17, 15) is 10.1 Å². The number of nitro benzene ring substituents is 1. The molecule has 1 aliphatic rings. The van der Waals surface area contributed by atoms with Crippen LogP contribution in [0, 0.1) is 10.1 Å². The van der Waals surface area contributed by atoms with Gasteiger partial charge >= 0.3 is 0 Å². The number of nitrogens with zero attached hydrogens (tertiary/aromatic N) is 2. The quantitative estimate of drug-likeness (QED) is 0.631. The number of nitro groups is 1. The minimum absolute atomic E-state index is 0.00333. The zero-order chi connectivity index (χ0) is 13.8. The molecule has 1 N–H and O–H groups in total. The number of benzene rings is 1. The van der Waals surface area contributed by atoms with E-state index >= 15 is 0 Å². The minimum atomic E-state index is -0.403. The maximum Gasteiger partial charge on any atom is 0.269 e. The molecule has 2 rings (SSSR count). The molecule has 7 heteroatoms. The third-order valence-corrected chi connectivity index (χ3v) is 3.18. The van der Waals surface area contributed by atoms with Crippen LogP contribution in [0.2, 0.25) is 0 Å². The van der Waals surface area contributed by atoms with Crippen LogP contribution in [0.25, 0.3) is 0 Å². The highest BCUT2D eigenvalue weighted by molar-refractivity contribution is 5.33. The molecule has 1 aromatic rings. The Hall–Kier alpha value is -1.54. The summed E-state index contributed by atoms with van der Waals surface area (Å²) >= 11 is 0. The van der Waals surface area contributed by atoms with E-state index in [2.05, 4.69) is 5.32 Å². The van der Waals surface area contributed by atoms with Crippen LogP contribution in [-0.2, 0) is 16.0 Å². The van der Waals surface area contributed by atoms with E-state index < -0.39 is 4.92 Å². The predicted octanol–water partition coefficient (Wildman–Crippen LogP) is 0.902. The number of hydrogen-bond acceptors (Lipinski definition) is 6. The van der Waals surface area contributed by atoms with E-state index in [1.165, 1.54) is 12.1 Å². The average Bonchev–Trinajstić information content (AvgIpc) is 2.81. The molecule has 0 saturated carbocycles. The van der Waals surface area contributed by atoms with Crippen LogP contribution in [0.4, 0.5) is 5.69 Å². The lowest BCUT2D eigenvalue weighted by Gasteiger charge is -2.25. The zero-order valence-electron chi connectivity index (χ0n) is 10.9. The number of rotatable bonds is 5. The molecule has 1 aromatic carbocycles. The van der Waals surface area contributed by atoms with Gasteiger partial charge in [-0.25, -0.2) is 0 Å². The molecule has 1 heterocycles. The lowest BCUT2D eigenvalue weighted by Crippen LogP contribution is -2.40. The summed E-state index contributed by atoms with van der Waals surface area (Å²) in [5.41, 5.74) is 1.10. The SMILES string of the molecule is COC1CNC(Cc2ccc([N+](=O)[O-])cc2)N1OC. The van der Waals surface area contributed by atoms with Gasteiger partial charge in [0.1, 0.15) is 6.23 Å². The number of methoxy groups -OCH3 is 1. The van der Waals surface area contributed by atoms with Gasteiger partial charge in [-0.3, -0.25) is 20.3 Å². The molecule has 0 bridgehead atoms. The first-order valence-corrected chi connectivity index (χ1v) is 5.97. The van der Waals surface area contributed by atoms with Gasteiger partial charge < -0.3 is 4.74 Å². The molecular formula is C12H17N3O4. The Bertz CT molecular complexity index is 437. The monoisotopic (exact) mass is 267 g/mol. The maximum absolute atomic E-state index is 10.6. The van der Waals surface area contributed by atoms with Crippen molar-refractivity contribution in [2.45, 2.75) is 18.8 Å². The molecule has 0 amide bonds. The summed E-state index contributed by atoms with van der Waals surface area (Å²) in [6.07, 6.45) is 0.565. The van der Waals surface area contributed by atoms with E-state index in [4.69, 9.17) is 9.57 Å². The number of non-ortho nitro benzene ring substituents is 1. The van der Waals surface area contributed by atoms with E-state index in [1.807, 2.05) is 0 Å². The van der Waals surface area contributed by atoms with Crippen molar-refractivity contribution >= 4 is 5.69 Å². The van der Waals surface area contributed by atoms with Crippen LogP contribution >= 0.6 is 0 Å². The standard InChI is InChI=1S/C12H17N3O4/c1-18-12-8-13-11(14(12)19-2)7-9-3-5-10(6-4-9)15(16)17/h3-6,11-13H,7-8H2,1-2H3. The lowest BCUT2D eigenvalue weighted by atomic mass is 10.1. The Morgan fingerprint density at radius 2 is 2.11 bits per heavy atom. The molecule has 0 aliphatic carbocycles. The second-order valence-corrected chi connectivity index (χ2v) is 4.28. The minimum Gasteiger partial charge on any atom is -0.363 e. The lowest BCUT2D eigenvalue weighted by molar-refractivity contribution is -0.384. The molecule has 1 aliphatic heterocycles. The molecule has 2 unspecified atom stereocenters. The Kier molecular flexibility index (Phi) is 4.43. The fourth-order valence-corrected chi connectivity index (χ4v) is 2.19. The molecule has 1 saturated heterocycles. The highest BCUT2D eigenvalue weighted by atomic mass is 16.7. The van der Waals surface area contributed by atoms with Gasteiger partial charge in [0.05, 0.1) is 18.2 Å². The normalized spacial score (nSPS) is 23.7. The van der Waals surface area contributed by atoms with Gasteiger partial charge in [0.25, 0.3) is 5.69 Å². The fourth-order valence-electron chi connectivity index (χ4n) is 2.19. The first-order valence-electron chi connectivity index (χ1n) is 5.97. The van der Waals surface area contributed by atoms with Crippen LogP contribution in [-0.4, -0.2) is 43.1 Å². The number of nitrogens with one attached hydrogen (secondary N) is 1. The first-order chi connectivity index (χ1) is 9.15. The molecular weight excluding hydrogens is 250 g/mol. The van der Waals surface area contributed by atoms with Crippen LogP contribution < -0.4 is 5.32 Å². The van der Waals surface area contributed by atoms with Crippen molar-refractivity contribution in [3.05, 3.63) is 39.9 Å². The summed E-state index contributed by atoms with van der Waals surface area (Å²) in [5.74, 6) is 0. The fraction of sp³-hybridized carbons (Fsp3) is 0.500. The Labute approximate surface area is 111 Å². The highest BCUT2D eigenvalue weighted by Crippen LogP contribution is 2.18. The smallest absolute Gasteiger partial charge is 0.269 e. The summed E-state index contributed by atoms with van der Waals surface area (Å²) in [7, 11) is 3.23. The predicted molar refractivity (Wildman–Crippen MR) is 68.2 cm³/mol. The van der Waals surface area contributed by atoms with Gasteiger partial charge in [0.2, 0.25) is 0 Å². The van der Waals surface area contributed by atoms with Crippen molar-refractivity contribution < 1.29 is 14.5 Å². The third-order valence-electron chi connectivity index (χ3n) is 3.18. The van der Waals surface area contributed by atoms with Crippen molar-refractivity contribution in [3.8, 4) is 0 Å². The number of hydroxylamine groups is 2. The van der Waals surface area contributed by atoms with E-state index in [-0.39, 0.29) is 18.1 Å². The van der Waals surface area contributed by atoms with E-state index in [0.717, 1.165) is 5.56 Å². The zero-order valence-corrected chi connectivity index (χ0v) is 10.9. The maximum atomic E-state index is 10.6. The molecule has 19 heavy (non-hydrogen) atoms. The Balaban J connectivity index is 2.02. The van der Waals surface area contributed by atoms with Gasteiger partial charge in [-0.1, -0.05) is 12.1 Å². The first kappa shape index (κ1) is 13.9. The summed E-state index contributed by atoms with van der Waals surface area (Å²) < 4.78 is 5.28. The van der Waals surface area contributed by atoms with Crippen LogP contribution in [0.5, 0.6) is 0 Å². The van der Waals surface area contributed by atoms with Gasteiger partial charge in [0.15, 0.2) is 0 Å². The third kappa shape index (κ3) is 3.07. The molecule has 1 fully saturated rings. The van der Waals surface area contributed by atoms with Crippen molar-refractivity contribution in [2.75, 3.05) is 20.8 Å². The average molecular weight is 267 g/mol. The molecule has 2 atom stereocenters. The summed E-state index contributed by atoms with van der Waals surface area (Å²) in [6, 6.07) is 6.53. The largest absolute Gasteiger partial charge is 0.363 e. The van der Waals surface area contributed by atoms with Crippen LogP contribution in [0.3, 0.4) is 0 Å². The second-order valence-electron chi connectivity index (χ2n) is 4.28. The molecule has 104 valence electrons. The highest BCUT2D eigenvalue weighted by Gasteiger charge is 2.33. The molecule has 0 radical (unpaired) electrons. The number of ether oxygens (including phenoxy) is 1. The van der Waals surface area contributed by atoms with Gasteiger partial charge in [0, 0.05) is 32.2 Å². The van der Waals surface area contributed by atoms with E-state index in [1.54, 1.807) is 31.4 Å². The second kappa shape index (κ2) is 6.07. The van der Waals surface area contributed by atoms with Crippen LogP contribution in [0.1, 0.15) is 5.56 Å². The van der Waals surface area contributed by atoms with Gasteiger partial charge in [-0.2, -0.15) is 0 Å². The summed E-state index contributed by atoms with van der Waals surface area (Å²) in [6.45, 7) is 0.683. The molecule has 7 nitrogen and oxygen atoms in total. The summed E-state index contributed by atoms with van der Waals surface area (Å²) in [5, 5.41) is 15.6. The van der Waals surface area contributed by atoms with Crippen LogP contribution in [0.15, 0.2) is 24.3 Å². The molecule has 0 aromatic heterocycles. The molecule has 0 spiro atoms. The van der Waals surface area contributed by atoms with E-state index in [0.29, 0.717) is 13.0 Å².